The first-order valence-corrected chi connectivity index (χ1v) is 3.50. The summed E-state index contributed by atoms with van der Waals surface area (Å²) in [6, 6.07) is 0. The van der Waals surface area contributed by atoms with E-state index in [-0.39, 0.29) is 12.1 Å². The van der Waals surface area contributed by atoms with Gasteiger partial charge in [0.2, 0.25) is 0 Å². The molecule has 0 saturated carbocycles. The first kappa shape index (κ1) is 8.49. The lowest BCUT2D eigenvalue weighted by molar-refractivity contribution is -0.151. The van der Waals surface area contributed by atoms with Gasteiger partial charge in [0.15, 0.2) is 6.10 Å². The van der Waals surface area contributed by atoms with Crippen molar-refractivity contribution in [2.45, 2.75) is 18.6 Å². The largest absolute Gasteiger partial charge is 0.467 e. The molecule has 11 heavy (non-hydrogen) atoms. The van der Waals surface area contributed by atoms with Crippen LogP contribution in [0.3, 0.4) is 0 Å². The van der Waals surface area contributed by atoms with Gasteiger partial charge in [0.25, 0.3) is 0 Å². The average Bonchev–Trinajstić information content (AvgIpc) is 2.50. The summed E-state index contributed by atoms with van der Waals surface area (Å²) in [6.45, 7) is 0.482. The van der Waals surface area contributed by atoms with Gasteiger partial charge >= 0.3 is 5.97 Å². The molecule has 1 saturated heterocycles. The van der Waals surface area contributed by atoms with Crippen molar-refractivity contribution >= 4 is 5.97 Å². The number of hydrogen-bond acceptors (Lipinski definition) is 4. The Hall–Kier alpha value is -0.610. The Morgan fingerprint density at radius 1 is 1.55 bits per heavy atom. The van der Waals surface area contributed by atoms with Crippen LogP contribution in [0.4, 0.5) is 0 Å². The van der Waals surface area contributed by atoms with Crippen molar-refractivity contribution in [3.8, 4) is 0 Å². The quantitative estimate of drug-likeness (QED) is 0.532. The number of carbonyl (C=O) groups excluding carboxylic acids is 1. The second-order valence-corrected chi connectivity index (χ2v) is 2.44. The first-order valence-electron chi connectivity index (χ1n) is 3.50. The first-order chi connectivity index (χ1) is 5.27. The van der Waals surface area contributed by atoms with Gasteiger partial charge in [-0.3, -0.25) is 0 Å². The summed E-state index contributed by atoms with van der Waals surface area (Å²) in [5.74, 6) is -0.315. The van der Waals surface area contributed by atoms with Gasteiger partial charge in [-0.2, -0.15) is 0 Å². The van der Waals surface area contributed by atoms with E-state index in [1.54, 1.807) is 7.11 Å². The lowest BCUT2D eigenvalue weighted by Crippen LogP contribution is -2.21. The molecule has 2 atom stereocenters. The van der Waals surface area contributed by atoms with Gasteiger partial charge in [0.1, 0.15) is 0 Å². The summed E-state index contributed by atoms with van der Waals surface area (Å²) in [5, 5.41) is 0. The molecule has 0 radical (unpaired) electrons. The second-order valence-electron chi connectivity index (χ2n) is 2.44. The summed E-state index contributed by atoms with van der Waals surface area (Å²) in [4.78, 5) is 10.9. The zero-order valence-corrected chi connectivity index (χ0v) is 6.70. The van der Waals surface area contributed by atoms with Crippen LogP contribution in [0.1, 0.15) is 6.42 Å². The Morgan fingerprint density at radius 2 is 2.27 bits per heavy atom. The summed E-state index contributed by atoms with van der Waals surface area (Å²) >= 11 is 0. The highest BCUT2D eigenvalue weighted by atomic mass is 16.6. The van der Waals surface area contributed by atoms with Crippen LogP contribution in [0, 0.1) is 0 Å². The predicted octanol–water partition coefficient (Wildman–Crippen LogP) is -0.0367. The summed E-state index contributed by atoms with van der Waals surface area (Å²) in [6.07, 6.45) is 0.215. The molecule has 1 rings (SSSR count). The summed E-state index contributed by atoms with van der Waals surface area (Å²) in [5.41, 5.74) is 0. The van der Waals surface area contributed by atoms with Crippen LogP contribution in [0.15, 0.2) is 0 Å². The zero-order valence-electron chi connectivity index (χ0n) is 6.70. The van der Waals surface area contributed by atoms with Crippen LogP contribution in [0.2, 0.25) is 0 Å². The van der Waals surface area contributed by atoms with Gasteiger partial charge in [-0.1, -0.05) is 0 Å². The van der Waals surface area contributed by atoms with E-state index in [1.165, 1.54) is 7.11 Å². The smallest absolute Gasteiger partial charge is 0.335 e. The lowest BCUT2D eigenvalue weighted by atomic mass is 10.2. The number of carbonyl (C=O) groups is 1. The maximum absolute atomic E-state index is 10.9. The highest BCUT2D eigenvalue weighted by molar-refractivity contribution is 5.74. The lowest BCUT2D eigenvalue weighted by Gasteiger charge is -2.05. The third-order valence-electron chi connectivity index (χ3n) is 1.76. The van der Waals surface area contributed by atoms with Crippen LogP contribution < -0.4 is 0 Å². The van der Waals surface area contributed by atoms with Crippen molar-refractivity contribution in [1.29, 1.82) is 0 Å². The molecule has 0 spiro atoms. The van der Waals surface area contributed by atoms with Gasteiger partial charge in [-0.25, -0.2) is 4.79 Å². The van der Waals surface area contributed by atoms with Gasteiger partial charge in [0, 0.05) is 13.5 Å². The minimum atomic E-state index is -0.426. The van der Waals surface area contributed by atoms with E-state index in [1.807, 2.05) is 0 Å². The van der Waals surface area contributed by atoms with Crippen LogP contribution in [0.25, 0.3) is 0 Å². The summed E-state index contributed by atoms with van der Waals surface area (Å²) in [7, 11) is 2.96. The molecule has 0 N–H and O–H groups in total. The van der Waals surface area contributed by atoms with Gasteiger partial charge in [-0.15, -0.1) is 0 Å². The molecule has 0 aromatic carbocycles. The van der Waals surface area contributed by atoms with E-state index in [9.17, 15) is 4.79 Å². The maximum atomic E-state index is 10.9. The monoisotopic (exact) mass is 160 g/mol. The van der Waals surface area contributed by atoms with Gasteiger partial charge in [-0.05, 0) is 0 Å². The SMILES string of the molecule is COC(=O)[C@H]1C[C@@H](OC)CO1. The molecule has 1 aliphatic heterocycles. The molecule has 64 valence electrons. The minimum absolute atomic E-state index is 0.0408. The Balaban J connectivity index is 2.35. The fraction of sp³-hybridized carbons (Fsp3) is 0.857. The highest BCUT2D eigenvalue weighted by Crippen LogP contribution is 2.16. The normalized spacial score (nSPS) is 30.4. The van der Waals surface area contributed by atoms with E-state index in [0.717, 1.165) is 0 Å². The van der Waals surface area contributed by atoms with E-state index in [0.29, 0.717) is 13.0 Å². The van der Waals surface area contributed by atoms with Gasteiger partial charge in [0.05, 0.1) is 19.8 Å². The third kappa shape index (κ3) is 1.91. The van der Waals surface area contributed by atoms with Crippen LogP contribution in [0.5, 0.6) is 0 Å². The van der Waals surface area contributed by atoms with Crippen LogP contribution >= 0.6 is 0 Å². The van der Waals surface area contributed by atoms with Crippen molar-refractivity contribution in [2.24, 2.45) is 0 Å². The number of hydrogen-bond donors (Lipinski definition) is 0. The highest BCUT2D eigenvalue weighted by Gasteiger charge is 2.31. The van der Waals surface area contributed by atoms with E-state index < -0.39 is 6.10 Å². The fourth-order valence-electron chi connectivity index (χ4n) is 1.06. The van der Waals surface area contributed by atoms with Crippen LogP contribution in [-0.2, 0) is 19.0 Å². The number of ether oxygens (including phenoxy) is 3. The number of rotatable bonds is 2. The van der Waals surface area contributed by atoms with Gasteiger partial charge < -0.3 is 14.2 Å². The van der Waals surface area contributed by atoms with Crippen molar-refractivity contribution in [3.63, 3.8) is 0 Å². The predicted molar refractivity (Wildman–Crippen MR) is 37.2 cm³/mol. The zero-order chi connectivity index (χ0) is 8.27. The molecular weight excluding hydrogens is 148 g/mol. The Morgan fingerprint density at radius 3 is 2.73 bits per heavy atom. The Bertz CT molecular complexity index is 145. The second kappa shape index (κ2) is 3.69. The number of methoxy groups -OCH3 is 2. The molecule has 1 aliphatic rings. The molecule has 0 aromatic rings. The summed E-state index contributed by atoms with van der Waals surface area (Å²) < 4.78 is 14.6. The van der Waals surface area contributed by atoms with Crippen LogP contribution in [-0.4, -0.2) is 39.0 Å². The standard InChI is InChI=1S/C7H12O4/c1-9-5-3-6(11-4-5)7(8)10-2/h5-6H,3-4H2,1-2H3/t5-,6-/m1/s1. The molecule has 0 amide bonds. The molecule has 0 unspecified atom stereocenters. The molecule has 1 fully saturated rings. The topological polar surface area (TPSA) is 44.8 Å². The van der Waals surface area contributed by atoms with E-state index in [4.69, 9.17) is 9.47 Å². The average molecular weight is 160 g/mol. The van der Waals surface area contributed by atoms with Crippen molar-refractivity contribution in [2.75, 3.05) is 20.8 Å². The molecule has 0 bridgehead atoms. The van der Waals surface area contributed by atoms with Crippen molar-refractivity contribution < 1.29 is 19.0 Å². The molecule has 0 aliphatic carbocycles. The molecule has 1 heterocycles. The molecule has 4 heteroatoms. The van der Waals surface area contributed by atoms with E-state index in [2.05, 4.69) is 4.74 Å². The van der Waals surface area contributed by atoms with E-state index >= 15 is 0 Å². The molecule has 0 aromatic heterocycles. The third-order valence-corrected chi connectivity index (χ3v) is 1.76. The maximum Gasteiger partial charge on any atom is 0.335 e. The van der Waals surface area contributed by atoms with Crippen molar-refractivity contribution in [1.82, 2.24) is 0 Å². The van der Waals surface area contributed by atoms with Crippen molar-refractivity contribution in [3.05, 3.63) is 0 Å². The Kier molecular flexibility index (Phi) is 2.84. The fourth-order valence-corrected chi connectivity index (χ4v) is 1.06. The molecule has 4 nitrogen and oxygen atoms in total. The Labute approximate surface area is 65.4 Å². The number of esters is 1. The minimum Gasteiger partial charge on any atom is -0.467 e. The molecular formula is C7H12O4.